The summed E-state index contributed by atoms with van der Waals surface area (Å²) in [5, 5.41) is 3.45. The largest absolute Gasteiger partial charge is 0.341 e. The van der Waals surface area contributed by atoms with Crippen molar-refractivity contribution in [1.29, 1.82) is 0 Å². The summed E-state index contributed by atoms with van der Waals surface area (Å²) in [5.41, 5.74) is 0. The molecule has 1 N–H and O–H groups in total. The highest BCUT2D eigenvalue weighted by Gasteiger charge is 2.39. The maximum atomic E-state index is 13.1. The average molecular weight is 358 g/mol. The van der Waals surface area contributed by atoms with Gasteiger partial charge in [-0.25, -0.2) is 8.42 Å². The quantitative estimate of drug-likeness (QED) is 0.816. The van der Waals surface area contributed by atoms with Crippen LogP contribution in [-0.4, -0.2) is 68.0 Å². The van der Waals surface area contributed by atoms with Crippen molar-refractivity contribution in [3.63, 3.8) is 0 Å². The van der Waals surface area contributed by atoms with Crippen LogP contribution >= 0.6 is 0 Å². The Bertz CT molecular complexity index is 537. The maximum absolute atomic E-state index is 13.1. The van der Waals surface area contributed by atoms with Gasteiger partial charge < -0.3 is 10.2 Å². The SMILES string of the molecule is CCCS(=O)(=O)N1CCCCC1C(=O)N1CC[C@@H]2CNC[C@@H]2CC1. The van der Waals surface area contributed by atoms with Crippen LogP contribution in [0.4, 0.5) is 0 Å². The number of sulfonamides is 1. The molecule has 3 aliphatic heterocycles. The van der Waals surface area contributed by atoms with Gasteiger partial charge in [0.15, 0.2) is 0 Å². The van der Waals surface area contributed by atoms with E-state index >= 15 is 0 Å². The van der Waals surface area contributed by atoms with Crippen LogP contribution in [0, 0.1) is 11.8 Å². The van der Waals surface area contributed by atoms with Gasteiger partial charge in [0, 0.05) is 19.6 Å². The Morgan fingerprint density at radius 1 is 1.04 bits per heavy atom. The van der Waals surface area contributed by atoms with Gasteiger partial charge in [-0.05, 0) is 57.0 Å². The molecule has 0 aliphatic carbocycles. The maximum Gasteiger partial charge on any atom is 0.241 e. The Balaban J connectivity index is 1.70. The molecule has 3 atom stereocenters. The Hall–Kier alpha value is -0.660. The second-order valence-electron chi connectivity index (χ2n) is 7.52. The second kappa shape index (κ2) is 7.70. The molecule has 0 saturated carbocycles. The molecule has 1 amide bonds. The fourth-order valence-electron chi connectivity index (χ4n) is 4.51. The number of nitrogens with one attached hydrogen (secondary N) is 1. The third-order valence-electron chi connectivity index (χ3n) is 5.89. The van der Waals surface area contributed by atoms with Crippen molar-refractivity contribution >= 4 is 15.9 Å². The van der Waals surface area contributed by atoms with E-state index in [2.05, 4.69) is 5.32 Å². The van der Waals surface area contributed by atoms with Crippen molar-refractivity contribution in [2.45, 2.75) is 51.5 Å². The normalized spacial score (nSPS) is 32.4. The van der Waals surface area contributed by atoms with Gasteiger partial charge in [0.05, 0.1) is 5.75 Å². The van der Waals surface area contributed by atoms with Gasteiger partial charge in [-0.2, -0.15) is 4.31 Å². The van der Waals surface area contributed by atoms with E-state index in [4.69, 9.17) is 0 Å². The van der Waals surface area contributed by atoms with Gasteiger partial charge in [0.2, 0.25) is 15.9 Å². The summed E-state index contributed by atoms with van der Waals surface area (Å²) in [7, 11) is -3.31. The van der Waals surface area contributed by atoms with Crippen LogP contribution in [0.15, 0.2) is 0 Å². The standard InChI is InChI=1S/C17H31N3O3S/c1-2-11-24(22,23)20-8-4-3-5-16(20)17(21)19-9-6-14-12-18-13-15(14)7-10-19/h14-16,18H,2-13H2,1H3/t14-,15+,16?. The summed E-state index contributed by atoms with van der Waals surface area (Å²) in [5.74, 6) is 1.54. The molecule has 0 radical (unpaired) electrons. The summed E-state index contributed by atoms with van der Waals surface area (Å²) in [6.45, 7) is 6.06. The zero-order chi connectivity index (χ0) is 17.2. The fraction of sp³-hybridized carbons (Fsp3) is 0.941. The summed E-state index contributed by atoms with van der Waals surface area (Å²) in [6.07, 6.45) is 5.16. The molecule has 0 bridgehead atoms. The van der Waals surface area contributed by atoms with Crippen molar-refractivity contribution in [1.82, 2.24) is 14.5 Å². The summed E-state index contributed by atoms with van der Waals surface area (Å²) >= 11 is 0. The Morgan fingerprint density at radius 3 is 2.33 bits per heavy atom. The molecule has 3 rings (SSSR count). The molecule has 0 spiro atoms. The number of hydrogen-bond donors (Lipinski definition) is 1. The summed E-state index contributed by atoms with van der Waals surface area (Å²) < 4.78 is 26.6. The Kier molecular flexibility index (Phi) is 5.82. The number of hydrogen-bond acceptors (Lipinski definition) is 4. The monoisotopic (exact) mass is 357 g/mol. The lowest BCUT2D eigenvalue weighted by Gasteiger charge is -2.36. The Morgan fingerprint density at radius 2 is 1.71 bits per heavy atom. The van der Waals surface area contributed by atoms with Crippen LogP contribution in [0.5, 0.6) is 0 Å². The predicted octanol–water partition coefficient (Wildman–Crippen LogP) is 1.04. The molecule has 24 heavy (non-hydrogen) atoms. The van der Waals surface area contributed by atoms with Crippen molar-refractivity contribution in [2.75, 3.05) is 38.5 Å². The third kappa shape index (κ3) is 3.78. The van der Waals surface area contributed by atoms with E-state index in [1.165, 1.54) is 4.31 Å². The van der Waals surface area contributed by atoms with E-state index in [1.807, 2.05) is 11.8 Å². The highest BCUT2D eigenvalue weighted by Crippen LogP contribution is 2.29. The first kappa shape index (κ1) is 18.1. The smallest absolute Gasteiger partial charge is 0.241 e. The number of carbonyl (C=O) groups excluding carboxylic acids is 1. The zero-order valence-electron chi connectivity index (χ0n) is 14.7. The zero-order valence-corrected chi connectivity index (χ0v) is 15.6. The number of carbonyl (C=O) groups is 1. The van der Waals surface area contributed by atoms with Gasteiger partial charge in [-0.1, -0.05) is 13.3 Å². The third-order valence-corrected chi connectivity index (χ3v) is 7.96. The first-order valence-corrected chi connectivity index (χ1v) is 11.1. The molecular weight excluding hydrogens is 326 g/mol. The first-order valence-electron chi connectivity index (χ1n) is 9.52. The molecule has 3 fully saturated rings. The number of piperidine rings is 1. The minimum absolute atomic E-state index is 0.0438. The number of rotatable bonds is 4. The van der Waals surface area contributed by atoms with Gasteiger partial charge in [0.25, 0.3) is 0 Å². The summed E-state index contributed by atoms with van der Waals surface area (Å²) in [6, 6.07) is -0.466. The van der Waals surface area contributed by atoms with E-state index in [0.29, 0.717) is 31.2 Å². The molecule has 3 heterocycles. The molecule has 0 aromatic heterocycles. The highest BCUT2D eigenvalue weighted by atomic mass is 32.2. The molecular formula is C17H31N3O3S. The van der Waals surface area contributed by atoms with Gasteiger partial charge in [-0.15, -0.1) is 0 Å². The van der Waals surface area contributed by atoms with Crippen LogP contribution < -0.4 is 5.32 Å². The van der Waals surface area contributed by atoms with E-state index in [1.54, 1.807) is 0 Å². The molecule has 138 valence electrons. The van der Waals surface area contributed by atoms with Crippen molar-refractivity contribution in [3.05, 3.63) is 0 Å². The van der Waals surface area contributed by atoms with Crippen LogP contribution in [0.3, 0.4) is 0 Å². The average Bonchev–Trinajstić information content (AvgIpc) is 2.93. The highest BCUT2D eigenvalue weighted by molar-refractivity contribution is 7.89. The van der Waals surface area contributed by atoms with Gasteiger partial charge in [0.1, 0.15) is 6.04 Å². The minimum atomic E-state index is -3.31. The minimum Gasteiger partial charge on any atom is -0.341 e. The number of amides is 1. The predicted molar refractivity (Wildman–Crippen MR) is 94.1 cm³/mol. The first-order chi connectivity index (χ1) is 11.5. The molecule has 3 aliphatic rings. The second-order valence-corrected chi connectivity index (χ2v) is 9.56. The topological polar surface area (TPSA) is 69.7 Å². The van der Waals surface area contributed by atoms with Crippen LogP contribution in [0.1, 0.15) is 45.4 Å². The number of fused-ring (bicyclic) bond motifs is 1. The van der Waals surface area contributed by atoms with Crippen LogP contribution in [-0.2, 0) is 14.8 Å². The van der Waals surface area contributed by atoms with Crippen molar-refractivity contribution in [3.8, 4) is 0 Å². The lowest BCUT2D eigenvalue weighted by molar-refractivity contribution is -0.136. The Labute approximate surface area is 146 Å². The van der Waals surface area contributed by atoms with Crippen LogP contribution in [0.25, 0.3) is 0 Å². The van der Waals surface area contributed by atoms with Crippen molar-refractivity contribution < 1.29 is 13.2 Å². The molecule has 7 heteroatoms. The lowest BCUT2D eigenvalue weighted by Crippen LogP contribution is -2.53. The van der Waals surface area contributed by atoms with Crippen LogP contribution in [0.2, 0.25) is 0 Å². The van der Waals surface area contributed by atoms with E-state index < -0.39 is 16.1 Å². The fourth-order valence-corrected chi connectivity index (χ4v) is 6.25. The number of likely N-dealkylation sites (tertiary alicyclic amines) is 1. The van der Waals surface area contributed by atoms with E-state index in [0.717, 1.165) is 51.9 Å². The number of nitrogens with zero attached hydrogens (tertiary/aromatic N) is 2. The molecule has 1 unspecified atom stereocenters. The summed E-state index contributed by atoms with van der Waals surface area (Å²) in [4.78, 5) is 15.0. The van der Waals surface area contributed by atoms with Crippen molar-refractivity contribution in [2.24, 2.45) is 11.8 Å². The lowest BCUT2D eigenvalue weighted by atomic mass is 9.92. The van der Waals surface area contributed by atoms with Gasteiger partial charge >= 0.3 is 0 Å². The molecule has 3 saturated heterocycles. The van der Waals surface area contributed by atoms with Gasteiger partial charge in [-0.3, -0.25) is 4.79 Å². The molecule has 6 nitrogen and oxygen atoms in total. The van der Waals surface area contributed by atoms with E-state index in [9.17, 15) is 13.2 Å². The van der Waals surface area contributed by atoms with E-state index in [-0.39, 0.29) is 11.7 Å². The molecule has 0 aromatic rings. The molecule has 0 aromatic carbocycles.